The maximum absolute atomic E-state index is 12.1. The van der Waals surface area contributed by atoms with Crippen molar-refractivity contribution in [2.45, 2.75) is 19.4 Å². The van der Waals surface area contributed by atoms with Gasteiger partial charge in [0.15, 0.2) is 5.78 Å². The predicted octanol–water partition coefficient (Wildman–Crippen LogP) is 2.42. The summed E-state index contributed by atoms with van der Waals surface area (Å²) in [5, 5.41) is 4.40. The summed E-state index contributed by atoms with van der Waals surface area (Å²) in [5.41, 5.74) is 3.21. The maximum Gasteiger partial charge on any atom is 0.179 e. The molecule has 1 N–H and O–H groups in total. The number of hydrogen-bond donors (Lipinski definition) is 1. The van der Waals surface area contributed by atoms with E-state index in [1.54, 1.807) is 0 Å². The van der Waals surface area contributed by atoms with Gasteiger partial charge < -0.3 is 9.88 Å². The van der Waals surface area contributed by atoms with Crippen LogP contribution in [0.1, 0.15) is 35.4 Å². The number of carbonyl (C=O) groups is 1. The molecule has 0 fully saturated rings. The van der Waals surface area contributed by atoms with Gasteiger partial charge in [0.05, 0.1) is 6.54 Å². The molecule has 1 aliphatic rings. The first kappa shape index (κ1) is 10.5. The van der Waals surface area contributed by atoms with E-state index in [2.05, 4.69) is 22.9 Å². The number of fused-ring (bicyclic) bond motifs is 3. The summed E-state index contributed by atoms with van der Waals surface area (Å²) >= 11 is 0. The average Bonchev–Trinajstić information content (AvgIpc) is 2.66. The summed E-state index contributed by atoms with van der Waals surface area (Å²) in [5.74, 6) is 0.210. The molecule has 0 saturated heterocycles. The number of nitrogens with one attached hydrogen (secondary N) is 1. The second-order valence-corrected chi connectivity index (χ2v) is 4.60. The van der Waals surface area contributed by atoms with Crippen LogP contribution >= 0.6 is 0 Å². The maximum atomic E-state index is 12.1. The Bertz CT molecular complexity index is 598. The quantitative estimate of drug-likeness (QED) is 0.813. The Balaban J connectivity index is 2.39. The van der Waals surface area contributed by atoms with Crippen LogP contribution in [-0.2, 0) is 7.05 Å². The van der Waals surface area contributed by atoms with Gasteiger partial charge in [0.2, 0.25) is 0 Å². The molecule has 1 aromatic carbocycles. The lowest BCUT2D eigenvalue weighted by molar-refractivity contribution is 0.0975. The smallest absolute Gasteiger partial charge is 0.179 e. The molecule has 88 valence electrons. The number of Topliss-reactive ketones (excluding diaryl/α,β-unsaturated/α-hetero) is 1. The van der Waals surface area contributed by atoms with Crippen molar-refractivity contribution >= 4 is 16.7 Å². The monoisotopic (exact) mass is 228 g/mol. The standard InChI is InChI=1S/C14H16N2O/c1-3-10-14-13(12(17)8-15-10)9-6-4-5-7-11(9)16(14)2/h4-7,10,15H,3,8H2,1-2H3. The van der Waals surface area contributed by atoms with Crippen LogP contribution in [-0.4, -0.2) is 16.9 Å². The third kappa shape index (κ3) is 1.35. The van der Waals surface area contributed by atoms with Gasteiger partial charge in [-0.3, -0.25) is 4.79 Å². The zero-order valence-electron chi connectivity index (χ0n) is 10.2. The van der Waals surface area contributed by atoms with E-state index in [0.29, 0.717) is 12.6 Å². The lowest BCUT2D eigenvalue weighted by Crippen LogP contribution is -2.34. The highest BCUT2D eigenvalue weighted by Crippen LogP contribution is 2.33. The minimum atomic E-state index is 0.210. The van der Waals surface area contributed by atoms with E-state index in [1.807, 2.05) is 25.2 Å². The van der Waals surface area contributed by atoms with Gasteiger partial charge in [-0.1, -0.05) is 25.1 Å². The first-order chi connectivity index (χ1) is 8.24. The summed E-state index contributed by atoms with van der Waals surface area (Å²) in [7, 11) is 2.05. The van der Waals surface area contributed by atoms with Crippen molar-refractivity contribution in [2.75, 3.05) is 6.54 Å². The van der Waals surface area contributed by atoms with E-state index >= 15 is 0 Å². The average molecular weight is 228 g/mol. The van der Waals surface area contributed by atoms with Crippen molar-refractivity contribution in [3.8, 4) is 0 Å². The van der Waals surface area contributed by atoms with Gasteiger partial charge in [0.1, 0.15) is 0 Å². The highest BCUT2D eigenvalue weighted by molar-refractivity contribution is 6.11. The van der Waals surface area contributed by atoms with Crippen molar-refractivity contribution in [2.24, 2.45) is 7.05 Å². The molecule has 0 amide bonds. The lowest BCUT2D eigenvalue weighted by atomic mass is 9.97. The van der Waals surface area contributed by atoms with Gasteiger partial charge in [-0.2, -0.15) is 0 Å². The van der Waals surface area contributed by atoms with Crippen molar-refractivity contribution in [1.29, 1.82) is 0 Å². The Morgan fingerprint density at radius 3 is 2.94 bits per heavy atom. The van der Waals surface area contributed by atoms with Gasteiger partial charge >= 0.3 is 0 Å². The molecule has 3 rings (SSSR count). The molecule has 1 aromatic heterocycles. The molecule has 0 aliphatic carbocycles. The van der Waals surface area contributed by atoms with Crippen molar-refractivity contribution in [1.82, 2.24) is 9.88 Å². The Labute approximate surface area is 100 Å². The van der Waals surface area contributed by atoms with Gasteiger partial charge in [-0.05, 0) is 12.5 Å². The zero-order valence-corrected chi connectivity index (χ0v) is 10.2. The Morgan fingerprint density at radius 1 is 1.41 bits per heavy atom. The molecular weight excluding hydrogens is 212 g/mol. The second-order valence-electron chi connectivity index (χ2n) is 4.60. The summed E-state index contributed by atoms with van der Waals surface area (Å²) in [6.45, 7) is 2.61. The number of nitrogens with zero attached hydrogens (tertiary/aromatic N) is 1. The molecule has 0 saturated carbocycles. The number of aryl methyl sites for hydroxylation is 1. The third-order valence-electron chi connectivity index (χ3n) is 3.68. The van der Waals surface area contributed by atoms with Crippen molar-refractivity contribution in [3.63, 3.8) is 0 Å². The Kier molecular flexibility index (Phi) is 2.30. The first-order valence-corrected chi connectivity index (χ1v) is 6.08. The number of carbonyl (C=O) groups excluding carboxylic acids is 1. The molecule has 2 aromatic rings. The van der Waals surface area contributed by atoms with Gasteiger partial charge in [0.25, 0.3) is 0 Å². The summed E-state index contributed by atoms with van der Waals surface area (Å²) in [6.07, 6.45) is 1.00. The number of aromatic nitrogens is 1. The highest BCUT2D eigenvalue weighted by Gasteiger charge is 2.29. The molecule has 0 bridgehead atoms. The molecular formula is C14H16N2O. The van der Waals surface area contributed by atoms with Crippen LogP contribution < -0.4 is 5.32 Å². The lowest BCUT2D eigenvalue weighted by Gasteiger charge is -2.24. The fourth-order valence-corrected chi connectivity index (χ4v) is 2.85. The van der Waals surface area contributed by atoms with Crippen LogP contribution in [0.15, 0.2) is 24.3 Å². The van der Waals surface area contributed by atoms with E-state index in [-0.39, 0.29) is 5.78 Å². The second kappa shape index (κ2) is 3.70. The summed E-state index contributed by atoms with van der Waals surface area (Å²) < 4.78 is 2.16. The molecule has 0 spiro atoms. The molecule has 0 radical (unpaired) electrons. The molecule has 1 atom stereocenters. The number of ketones is 1. The number of para-hydroxylation sites is 1. The predicted molar refractivity (Wildman–Crippen MR) is 68.3 cm³/mol. The largest absolute Gasteiger partial charge is 0.346 e. The van der Waals surface area contributed by atoms with E-state index in [9.17, 15) is 4.79 Å². The van der Waals surface area contributed by atoms with E-state index in [1.165, 1.54) is 0 Å². The van der Waals surface area contributed by atoms with E-state index in [4.69, 9.17) is 0 Å². The van der Waals surface area contributed by atoms with E-state index < -0.39 is 0 Å². The number of benzene rings is 1. The molecule has 17 heavy (non-hydrogen) atoms. The SMILES string of the molecule is CCC1NCC(=O)c2c1n(C)c1ccccc21. The molecule has 1 aliphatic heterocycles. The van der Waals surface area contributed by atoms with Crippen LogP contribution in [0.2, 0.25) is 0 Å². The Morgan fingerprint density at radius 2 is 2.18 bits per heavy atom. The summed E-state index contributed by atoms with van der Waals surface area (Å²) in [4.78, 5) is 12.1. The fourth-order valence-electron chi connectivity index (χ4n) is 2.85. The van der Waals surface area contributed by atoms with Gasteiger partial charge in [-0.25, -0.2) is 0 Å². The van der Waals surface area contributed by atoms with Crippen molar-refractivity contribution < 1.29 is 4.79 Å². The molecule has 3 nitrogen and oxygen atoms in total. The van der Waals surface area contributed by atoms with Crippen molar-refractivity contribution in [3.05, 3.63) is 35.5 Å². The van der Waals surface area contributed by atoms with Crippen LogP contribution in [0, 0.1) is 0 Å². The fraction of sp³-hybridized carbons (Fsp3) is 0.357. The van der Waals surface area contributed by atoms with Gasteiger partial charge in [0, 0.05) is 35.2 Å². The minimum absolute atomic E-state index is 0.210. The third-order valence-corrected chi connectivity index (χ3v) is 3.68. The zero-order chi connectivity index (χ0) is 12.0. The minimum Gasteiger partial charge on any atom is -0.346 e. The number of rotatable bonds is 1. The van der Waals surface area contributed by atoms with Crippen LogP contribution in [0.5, 0.6) is 0 Å². The van der Waals surface area contributed by atoms with Crippen LogP contribution in [0.3, 0.4) is 0 Å². The van der Waals surface area contributed by atoms with Crippen LogP contribution in [0.4, 0.5) is 0 Å². The topological polar surface area (TPSA) is 34.0 Å². The van der Waals surface area contributed by atoms with Gasteiger partial charge in [-0.15, -0.1) is 0 Å². The molecule has 3 heteroatoms. The highest BCUT2D eigenvalue weighted by atomic mass is 16.1. The Hall–Kier alpha value is -1.61. The molecule has 2 heterocycles. The number of hydrogen-bond acceptors (Lipinski definition) is 2. The summed E-state index contributed by atoms with van der Waals surface area (Å²) in [6, 6.07) is 8.43. The van der Waals surface area contributed by atoms with Crippen LogP contribution in [0.25, 0.3) is 10.9 Å². The molecule has 1 unspecified atom stereocenters. The first-order valence-electron chi connectivity index (χ1n) is 6.08. The van der Waals surface area contributed by atoms with E-state index in [0.717, 1.165) is 28.6 Å². The normalized spacial score (nSPS) is 19.6.